The summed E-state index contributed by atoms with van der Waals surface area (Å²) in [5.74, 6) is -0.383. The monoisotopic (exact) mass is 324 g/mol. The molecule has 2 saturated heterocycles. The average molecular weight is 324 g/mol. The molecule has 1 saturated carbocycles. The Morgan fingerprint density at radius 1 is 1.48 bits per heavy atom. The van der Waals surface area contributed by atoms with Gasteiger partial charge < -0.3 is 24.4 Å². The molecule has 6 nitrogen and oxygen atoms in total. The second kappa shape index (κ2) is 4.57. The van der Waals surface area contributed by atoms with E-state index in [9.17, 15) is 15.0 Å². The zero-order valence-corrected chi connectivity index (χ0v) is 13.7. The zero-order chi connectivity index (χ0) is 16.6. The largest absolute Gasteiger partial charge is 0.465 e. The van der Waals surface area contributed by atoms with E-state index in [1.165, 1.54) is 6.92 Å². The summed E-state index contributed by atoms with van der Waals surface area (Å²) in [4.78, 5) is 11.4. The van der Waals surface area contributed by atoms with Gasteiger partial charge in [0.25, 0.3) is 0 Å². The fourth-order valence-corrected chi connectivity index (χ4v) is 5.38. The fraction of sp³-hybridized carbons (Fsp3) is 0.824. The SMILES string of the molecule is CC(=O)OCC12C(O)CC(C)=CC1OC1C(O)CC2(C)C12CO2. The Bertz CT molecular complexity index is 582. The van der Waals surface area contributed by atoms with E-state index in [0.29, 0.717) is 19.4 Å². The molecule has 3 fully saturated rings. The van der Waals surface area contributed by atoms with Crippen molar-refractivity contribution in [2.45, 2.75) is 63.6 Å². The van der Waals surface area contributed by atoms with Crippen LogP contribution in [0.5, 0.6) is 0 Å². The Morgan fingerprint density at radius 3 is 2.78 bits per heavy atom. The van der Waals surface area contributed by atoms with Gasteiger partial charge in [-0.3, -0.25) is 4.79 Å². The van der Waals surface area contributed by atoms with Crippen molar-refractivity contribution in [3.8, 4) is 0 Å². The minimum Gasteiger partial charge on any atom is -0.465 e. The molecular weight excluding hydrogens is 300 g/mol. The molecule has 4 rings (SSSR count). The van der Waals surface area contributed by atoms with Gasteiger partial charge in [-0.1, -0.05) is 18.6 Å². The number of epoxide rings is 1. The van der Waals surface area contributed by atoms with Crippen LogP contribution in [0.4, 0.5) is 0 Å². The van der Waals surface area contributed by atoms with Crippen LogP contribution < -0.4 is 0 Å². The molecule has 0 aromatic rings. The van der Waals surface area contributed by atoms with Crippen molar-refractivity contribution >= 4 is 5.97 Å². The quantitative estimate of drug-likeness (QED) is 0.438. The Hall–Kier alpha value is -0.950. The Balaban J connectivity index is 1.85. The molecule has 2 heterocycles. The maximum absolute atomic E-state index is 11.4. The van der Waals surface area contributed by atoms with Gasteiger partial charge in [0.1, 0.15) is 18.3 Å². The molecule has 0 aromatic carbocycles. The highest BCUT2D eigenvalue weighted by atomic mass is 16.6. The highest BCUT2D eigenvalue weighted by Crippen LogP contribution is 2.71. The zero-order valence-electron chi connectivity index (χ0n) is 13.7. The molecule has 128 valence electrons. The maximum Gasteiger partial charge on any atom is 0.302 e. The predicted octanol–water partition coefficient (Wildman–Crippen LogP) is 0.554. The van der Waals surface area contributed by atoms with Crippen molar-refractivity contribution in [2.75, 3.05) is 13.2 Å². The van der Waals surface area contributed by atoms with E-state index in [1.807, 2.05) is 19.9 Å². The van der Waals surface area contributed by atoms with E-state index in [-0.39, 0.29) is 12.6 Å². The number of hydrogen-bond acceptors (Lipinski definition) is 6. The van der Waals surface area contributed by atoms with E-state index < -0.39 is 40.8 Å². The summed E-state index contributed by atoms with van der Waals surface area (Å²) in [6, 6.07) is 0. The number of carbonyl (C=O) groups excluding carboxylic acids is 1. The van der Waals surface area contributed by atoms with Gasteiger partial charge in [-0.25, -0.2) is 0 Å². The number of rotatable bonds is 2. The number of fused-ring (bicyclic) bond motifs is 2. The molecule has 4 aliphatic rings. The van der Waals surface area contributed by atoms with E-state index in [2.05, 4.69) is 0 Å². The summed E-state index contributed by atoms with van der Waals surface area (Å²) in [7, 11) is 0. The van der Waals surface area contributed by atoms with Crippen molar-refractivity contribution in [2.24, 2.45) is 10.8 Å². The van der Waals surface area contributed by atoms with Crippen LogP contribution in [0.1, 0.15) is 33.6 Å². The lowest BCUT2D eigenvalue weighted by Gasteiger charge is -2.59. The van der Waals surface area contributed by atoms with Gasteiger partial charge in [0.05, 0.1) is 30.3 Å². The van der Waals surface area contributed by atoms with Crippen LogP contribution in [-0.2, 0) is 19.0 Å². The summed E-state index contributed by atoms with van der Waals surface area (Å²) in [6.07, 6.45) is 0.851. The first kappa shape index (κ1) is 15.6. The molecule has 2 aliphatic carbocycles. The first-order valence-corrected chi connectivity index (χ1v) is 8.23. The number of aliphatic hydroxyl groups is 2. The molecule has 2 bridgehead atoms. The number of hydrogen-bond donors (Lipinski definition) is 2. The molecule has 2 N–H and O–H groups in total. The first-order chi connectivity index (χ1) is 10.8. The van der Waals surface area contributed by atoms with Gasteiger partial charge in [0.15, 0.2) is 0 Å². The van der Waals surface area contributed by atoms with Crippen LogP contribution in [0.25, 0.3) is 0 Å². The molecule has 0 aromatic heterocycles. The minimum absolute atomic E-state index is 0.0684. The smallest absolute Gasteiger partial charge is 0.302 e. The van der Waals surface area contributed by atoms with Gasteiger partial charge in [-0.15, -0.1) is 0 Å². The van der Waals surface area contributed by atoms with Crippen LogP contribution in [0.15, 0.2) is 11.6 Å². The second-order valence-corrected chi connectivity index (χ2v) is 7.81. The molecule has 1 spiro atoms. The van der Waals surface area contributed by atoms with Crippen LogP contribution in [-0.4, -0.2) is 59.4 Å². The number of esters is 1. The number of ether oxygens (including phenoxy) is 3. The van der Waals surface area contributed by atoms with Crippen LogP contribution in [0, 0.1) is 10.8 Å². The lowest BCUT2D eigenvalue weighted by Crippen LogP contribution is -2.69. The highest BCUT2D eigenvalue weighted by Gasteiger charge is 2.82. The molecule has 7 atom stereocenters. The topological polar surface area (TPSA) is 88.5 Å². The van der Waals surface area contributed by atoms with E-state index in [1.54, 1.807) is 0 Å². The predicted molar refractivity (Wildman–Crippen MR) is 79.5 cm³/mol. The van der Waals surface area contributed by atoms with Gasteiger partial charge in [-0.05, 0) is 19.8 Å². The third-order valence-electron chi connectivity index (χ3n) is 6.70. The molecule has 0 radical (unpaired) electrons. The lowest BCUT2D eigenvalue weighted by atomic mass is 9.51. The van der Waals surface area contributed by atoms with Crippen LogP contribution in [0.2, 0.25) is 0 Å². The second-order valence-electron chi connectivity index (χ2n) is 7.81. The number of carbonyl (C=O) groups is 1. The Labute approximate surface area is 135 Å². The van der Waals surface area contributed by atoms with Crippen molar-refractivity contribution in [3.63, 3.8) is 0 Å². The molecule has 6 heteroatoms. The first-order valence-electron chi connectivity index (χ1n) is 8.23. The fourth-order valence-electron chi connectivity index (χ4n) is 5.38. The van der Waals surface area contributed by atoms with Crippen molar-refractivity contribution < 1.29 is 29.2 Å². The average Bonchev–Trinajstić information content (AvgIpc) is 3.20. The van der Waals surface area contributed by atoms with Crippen molar-refractivity contribution in [1.82, 2.24) is 0 Å². The van der Waals surface area contributed by atoms with Gasteiger partial charge in [0, 0.05) is 12.3 Å². The molecule has 7 unspecified atom stereocenters. The Morgan fingerprint density at radius 2 is 2.17 bits per heavy atom. The third kappa shape index (κ3) is 1.70. The summed E-state index contributed by atoms with van der Waals surface area (Å²) in [5, 5.41) is 21.5. The summed E-state index contributed by atoms with van der Waals surface area (Å²) < 4.78 is 17.4. The van der Waals surface area contributed by atoms with Crippen LogP contribution >= 0.6 is 0 Å². The van der Waals surface area contributed by atoms with Gasteiger partial charge >= 0.3 is 5.97 Å². The van der Waals surface area contributed by atoms with Gasteiger partial charge in [-0.2, -0.15) is 0 Å². The van der Waals surface area contributed by atoms with E-state index in [4.69, 9.17) is 14.2 Å². The lowest BCUT2D eigenvalue weighted by molar-refractivity contribution is -0.251. The molecular formula is C17H24O6. The number of aliphatic hydroxyl groups excluding tert-OH is 2. The van der Waals surface area contributed by atoms with Gasteiger partial charge in [0.2, 0.25) is 0 Å². The summed E-state index contributed by atoms with van der Waals surface area (Å²) in [5.41, 5.74) is -0.851. The third-order valence-corrected chi connectivity index (χ3v) is 6.70. The van der Waals surface area contributed by atoms with Crippen molar-refractivity contribution in [1.29, 1.82) is 0 Å². The van der Waals surface area contributed by atoms with Crippen molar-refractivity contribution in [3.05, 3.63) is 11.6 Å². The molecule has 23 heavy (non-hydrogen) atoms. The molecule has 2 aliphatic heterocycles. The van der Waals surface area contributed by atoms with E-state index >= 15 is 0 Å². The summed E-state index contributed by atoms with van der Waals surface area (Å²) in [6.45, 7) is 5.94. The maximum atomic E-state index is 11.4. The van der Waals surface area contributed by atoms with Crippen LogP contribution in [0.3, 0.4) is 0 Å². The normalized spacial score (nSPS) is 53.7. The Kier molecular flexibility index (Phi) is 3.09. The summed E-state index contributed by atoms with van der Waals surface area (Å²) >= 11 is 0. The highest BCUT2D eigenvalue weighted by molar-refractivity contribution is 5.66. The molecule has 0 amide bonds. The standard InChI is InChI=1S/C17H24O6/c1-9-4-12(20)16(7-21-10(2)18)13(5-9)23-14-11(19)6-15(16,3)17(14)8-22-17/h5,11-14,19-20H,4,6-8H2,1-3H3. The minimum atomic E-state index is -0.803. The van der Waals surface area contributed by atoms with E-state index in [0.717, 1.165) is 5.57 Å².